The number of aromatic nitrogens is 3. The van der Waals surface area contributed by atoms with Gasteiger partial charge in [0.05, 0.1) is 24.2 Å². The number of nitrogens with zero attached hydrogens (tertiary/aromatic N) is 3. The Bertz CT molecular complexity index is 1190. The van der Waals surface area contributed by atoms with E-state index in [1.807, 2.05) is 41.0 Å². The summed E-state index contributed by atoms with van der Waals surface area (Å²) in [6.45, 7) is 2.02. The number of Topliss-reactive ketones (excluding diaryl/α,β-unsaturated/α-hetero) is 1. The van der Waals surface area contributed by atoms with Crippen LogP contribution in [0, 0.1) is 0 Å². The Kier molecular flexibility index (Phi) is 6.28. The van der Waals surface area contributed by atoms with Gasteiger partial charge in [0.15, 0.2) is 16.7 Å². The molecule has 0 saturated heterocycles. The maximum Gasteiger partial charge on any atom is 0.234 e. The van der Waals surface area contributed by atoms with Crippen molar-refractivity contribution in [1.29, 1.82) is 0 Å². The highest BCUT2D eigenvalue weighted by Gasteiger charge is 2.18. The zero-order valence-electron chi connectivity index (χ0n) is 16.8. The van der Waals surface area contributed by atoms with E-state index in [0.717, 1.165) is 5.56 Å². The molecular formula is C23H20N4O3S. The number of hydrogen-bond donors (Lipinski definition) is 1. The normalized spacial score (nSPS) is 10.7. The molecule has 2 aromatic carbocycles. The average Bonchev–Trinajstić information content (AvgIpc) is 3.43. The minimum Gasteiger partial charge on any atom is -0.461 e. The molecule has 156 valence electrons. The summed E-state index contributed by atoms with van der Waals surface area (Å²) in [4.78, 5) is 24.3. The van der Waals surface area contributed by atoms with Gasteiger partial charge in [-0.3, -0.25) is 14.2 Å². The lowest BCUT2D eigenvalue weighted by molar-refractivity contribution is -0.113. The lowest BCUT2D eigenvalue weighted by Crippen LogP contribution is -2.16. The summed E-state index contributed by atoms with van der Waals surface area (Å²) in [6, 6.07) is 20.5. The summed E-state index contributed by atoms with van der Waals surface area (Å²) in [5.41, 5.74) is 2.06. The first-order valence-corrected chi connectivity index (χ1v) is 10.6. The molecule has 1 amide bonds. The van der Waals surface area contributed by atoms with E-state index in [4.69, 9.17) is 4.42 Å². The van der Waals surface area contributed by atoms with Crippen molar-refractivity contribution in [1.82, 2.24) is 14.8 Å². The molecule has 0 aliphatic heterocycles. The zero-order chi connectivity index (χ0) is 21.6. The van der Waals surface area contributed by atoms with Crippen molar-refractivity contribution in [2.45, 2.75) is 18.6 Å². The van der Waals surface area contributed by atoms with E-state index in [1.54, 1.807) is 36.6 Å². The molecule has 0 atom stereocenters. The van der Waals surface area contributed by atoms with E-state index in [0.29, 0.717) is 34.5 Å². The first-order chi connectivity index (χ1) is 15.1. The smallest absolute Gasteiger partial charge is 0.234 e. The minimum atomic E-state index is -0.229. The molecule has 0 saturated carbocycles. The van der Waals surface area contributed by atoms with Crippen LogP contribution in [0.25, 0.3) is 11.6 Å². The Morgan fingerprint density at radius 1 is 1.00 bits per heavy atom. The van der Waals surface area contributed by atoms with Gasteiger partial charge < -0.3 is 9.73 Å². The summed E-state index contributed by atoms with van der Waals surface area (Å²) in [5, 5.41) is 12.0. The molecule has 0 radical (unpaired) electrons. The molecule has 4 rings (SSSR count). The number of amides is 1. The van der Waals surface area contributed by atoms with Crippen LogP contribution in [-0.4, -0.2) is 32.2 Å². The summed E-state index contributed by atoms with van der Waals surface area (Å²) in [7, 11) is 0. The van der Waals surface area contributed by atoms with Crippen LogP contribution in [0.1, 0.15) is 22.8 Å². The van der Waals surface area contributed by atoms with Gasteiger partial charge in [0.1, 0.15) is 0 Å². The molecule has 0 bridgehead atoms. The molecule has 2 aromatic heterocycles. The van der Waals surface area contributed by atoms with Gasteiger partial charge >= 0.3 is 0 Å². The topological polar surface area (TPSA) is 90.0 Å². The number of hydrogen-bond acceptors (Lipinski definition) is 6. The van der Waals surface area contributed by atoms with E-state index in [-0.39, 0.29) is 17.4 Å². The molecule has 31 heavy (non-hydrogen) atoms. The number of furan rings is 1. The van der Waals surface area contributed by atoms with E-state index < -0.39 is 0 Å². The second-order valence-electron chi connectivity index (χ2n) is 6.79. The lowest BCUT2D eigenvalue weighted by atomic mass is 10.1. The Hall–Kier alpha value is -3.65. The number of carbonyl (C=O) groups is 2. The van der Waals surface area contributed by atoms with Crippen molar-refractivity contribution < 1.29 is 14.0 Å². The fourth-order valence-electron chi connectivity index (χ4n) is 3.11. The van der Waals surface area contributed by atoms with Crippen molar-refractivity contribution in [3.8, 4) is 11.6 Å². The molecule has 2 heterocycles. The van der Waals surface area contributed by atoms with Crippen molar-refractivity contribution in [2.24, 2.45) is 0 Å². The Labute approximate surface area is 183 Å². The van der Waals surface area contributed by atoms with Gasteiger partial charge in [-0.1, -0.05) is 54.2 Å². The standard InChI is InChI=1S/C23H20N4O3S/c1-16(28)18-10-5-6-11-19(18)24-21(29)15-31-23-26-25-22(20-12-7-13-30-20)27(23)14-17-8-3-2-4-9-17/h2-13H,14-15H2,1H3,(H,24,29). The Morgan fingerprint density at radius 2 is 1.77 bits per heavy atom. The van der Waals surface area contributed by atoms with E-state index in [9.17, 15) is 9.59 Å². The summed E-state index contributed by atoms with van der Waals surface area (Å²) in [6.07, 6.45) is 1.59. The van der Waals surface area contributed by atoms with E-state index in [1.165, 1.54) is 18.7 Å². The highest BCUT2D eigenvalue weighted by Crippen LogP contribution is 2.26. The van der Waals surface area contributed by atoms with Crippen LogP contribution in [0.3, 0.4) is 0 Å². The van der Waals surface area contributed by atoms with E-state index in [2.05, 4.69) is 15.5 Å². The van der Waals surface area contributed by atoms with Crippen molar-refractivity contribution in [3.63, 3.8) is 0 Å². The lowest BCUT2D eigenvalue weighted by Gasteiger charge is -2.10. The van der Waals surface area contributed by atoms with Crippen LogP contribution in [0.5, 0.6) is 0 Å². The van der Waals surface area contributed by atoms with Gasteiger partial charge in [0.25, 0.3) is 0 Å². The molecule has 0 aliphatic rings. The summed E-state index contributed by atoms with van der Waals surface area (Å²) in [5.74, 6) is 0.993. The van der Waals surface area contributed by atoms with Crippen LogP contribution < -0.4 is 5.32 Å². The maximum absolute atomic E-state index is 12.5. The van der Waals surface area contributed by atoms with Gasteiger partial charge in [-0.05, 0) is 36.8 Å². The number of carbonyl (C=O) groups excluding carboxylic acids is 2. The largest absolute Gasteiger partial charge is 0.461 e. The molecule has 0 fully saturated rings. The third-order valence-corrected chi connectivity index (χ3v) is 5.52. The van der Waals surface area contributed by atoms with Gasteiger partial charge in [-0.25, -0.2) is 0 Å². The number of thioether (sulfide) groups is 1. The molecule has 1 N–H and O–H groups in total. The third-order valence-electron chi connectivity index (χ3n) is 4.55. The second kappa shape index (κ2) is 9.44. The highest BCUT2D eigenvalue weighted by atomic mass is 32.2. The summed E-state index contributed by atoms with van der Waals surface area (Å²) < 4.78 is 7.43. The van der Waals surface area contributed by atoms with Crippen LogP contribution in [0.4, 0.5) is 5.69 Å². The molecule has 8 heteroatoms. The first kappa shape index (κ1) is 20.6. The molecule has 0 unspecified atom stereocenters. The second-order valence-corrected chi connectivity index (χ2v) is 7.74. The minimum absolute atomic E-state index is 0.103. The molecule has 7 nitrogen and oxygen atoms in total. The number of anilines is 1. The number of rotatable bonds is 8. The number of nitrogens with one attached hydrogen (secondary N) is 1. The molecule has 0 aliphatic carbocycles. The van der Waals surface area contributed by atoms with Gasteiger partial charge in [0.2, 0.25) is 11.7 Å². The number of benzene rings is 2. The monoisotopic (exact) mass is 432 g/mol. The molecular weight excluding hydrogens is 412 g/mol. The van der Waals surface area contributed by atoms with Crippen molar-refractivity contribution in [3.05, 3.63) is 84.1 Å². The maximum atomic E-state index is 12.5. The predicted octanol–water partition coefficient (Wildman–Crippen LogP) is 4.52. The van der Waals surface area contributed by atoms with Gasteiger partial charge in [-0.2, -0.15) is 0 Å². The quantitative estimate of drug-likeness (QED) is 0.325. The summed E-state index contributed by atoms with van der Waals surface area (Å²) >= 11 is 1.28. The predicted molar refractivity (Wildman–Crippen MR) is 119 cm³/mol. The molecule has 0 spiro atoms. The highest BCUT2D eigenvalue weighted by molar-refractivity contribution is 7.99. The third kappa shape index (κ3) is 4.92. The fraction of sp³-hybridized carbons (Fsp3) is 0.130. The Morgan fingerprint density at radius 3 is 2.52 bits per heavy atom. The SMILES string of the molecule is CC(=O)c1ccccc1NC(=O)CSc1nnc(-c2ccco2)n1Cc1ccccc1. The number of para-hydroxylation sites is 1. The van der Waals surface area contributed by atoms with Crippen LogP contribution >= 0.6 is 11.8 Å². The Balaban J connectivity index is 1.52. The molecule has 4 aromatic rings. The van der Waals surface area contributed by atoms with Crippen molar-refractivity contribution in [2.75, 3.05) is 11.1 Å². The van der Waals surface area contributed by atoms with Gasteiger partial charge in [0, 0.05) is 5.56 Å². The first-order valence-electron chi connectivity index (χ1n) is 9.65. The number of ketones is 1. The van der Waals surface area contributed by atoms with Crippen LogP contribution in [0.2, 0.25) is 0 Å². The average molecular weight is 433 g/mol. The van der Waals surface area contributed by atoms with Crippen LogP contribution in [-0.2, 0) is 11.3 Å². The van der Waals surface area contributed by atoms with E-state index >= 15 is 0 Å². The fourth-order valence-corrected chi connectivity index (χ4v) is 3.85. The van der Waals surface area contributed by atoms with Crippen LogP contribution in [0.15, 0.2) is 82.6 Å². The van der Waals surface area contributed by atoms with Crippen molar-refractivity contribution >= 4 is 29.1 Å². The zero-order valence-corrected chi connectivity index (χ0v) is 17.6. The van der Waals surface area contributed by atoms with Gasteiger partial charge in [-0.15, -0.1) is 10.2 Å².